The molecule has 41 heavy (non-hydrogen) atoms. The highest BCUT2D eigenvalue weighted by molar-refractivity contribution is 6.24. The zero-order valence-corrected chi connectivity index (χ0v) is 22.4. The predicted octanol–water partition coefficient (Wildman–Crippen LogP) is 10.8. The number of nitrogens with zero attached hydrogens (tertiary/aromatic N) is 2. The molecule has 0 amide bonds. The van der Waals surface area contributed by atoms with Crippen molar-refractivity contribution in [3.05, 3.63) is 158 Å². The number of anilines is 3. The molecule has 192 valence electrons. The van der Waals surface area contributed by atoms with Gasteiger partial charge in [0.1, 0.15) is 0 Å². The molecule has 0 spiro atoms. The van der Waals surface area contributed by atoms with Crippen molar-refractivity contribution in [2.45, 2.75) is 0 Å². The zero-order valence-electron chi connectivity index (χ0n) is 22.4. The van der Waals surface area contributed by atoms with Gasteiger partial charge in [0.05, 0.1) is 0 Å². The predicted molar refractivity (Wildman–Crippen MR) is 173 cm³/mol. The summed E-state index contributed by atoms with van der Waals surface area (Å²) < 4.78 is 0. The van der Waals surface area contributed by atoms with E-state index < -0.39 is 0 Å². The van der Waals surface area contributed by atoms with Crippen LogP contribution in [0.1, 0.15) is 0 Å². The minimum atomic E-state index is 1.11. The van der Waals surface area contributed by atoms with Gasteiger partial charge >= 0.3 is 0 Å². The molecule has 0 unspecified atom stereocenters. The van der Waals surface area contributed by atoms with Crippen molar-refractivity contribution >= 4 is 49.4 Å². The molecule has 0 atom stereocenters. The van der Waals surface area contributed by atoms with Crippen LogP contribution in [0, 0.1) is 0 Å². The maximum Gasteiger partial charge on any atom is 0.0473 e. The molecular weight excluding hydrogens is 496 g/mol. The molecule has 0 saturated carbocycles. The van der Waals surface area contributed by atoms with Crippen LogP contribution in [0.5, 0.6) is 0 Å². The second kappa shape index (κ2) is 9.62. The lowest BCUT2D eigenvalue weighted by molar-refractivity contribution is 1.29. The van der Waals surface area contributed by atoms with Gasteiger partial charge in [-0.1, -0.05) is 91.0 Å². The number of pyridine rings is 1. The lowest BCUT2D eigenvalue weighted by Gasteiger charge is -2.27. The van der Waals surface area contributed by atoms with E-state index in [-0.39, 0.29) is 0 Å². The first kappa shape index (κ1) is 23.4. The first-order chi connectivity index (χ1) is 20.3. The highest BCUT2D eigenvalue weighted by Crippen LogP contribution is 2.42. The van der Waals surface area contributed by atoms with Gasteiger partial charge in [-0.15, -0.1) is 0 Å². The standard InChI is InChI=1S/C39H26N2/c1-3-8-27(9-4-1)34-22-29-13-15-31-24-37(25-32-16-14-30(23-34)38(29)39(31)32)41(35-11-5-2-6-12-35)36-19-17-28(18-20-36)33-10-7-21-40-26-33/h1-26H. The molecule has 2 heteroatoms. The van der Waals surface area contributed by atoms with Crippen LogP contribution in [0.25, 0.3) is 54.6 Å². The van der Waals surface area contributed by atoms with Gasteiger partial charge in [-0.05, 0) is 109 Å². The van der Waals surface area contributed by atoms with Gasteiger partial charge < -0.3 is 4.90 Å². The van der Waals surface area contributed by atoms with E-state index in [1.807, 2.05) is 18.5 Å². The van der Waals surface area contributed by atoms with Crippen LogP contribution in [0.4, 0.5) is 17.1 Å². The Bertz CT molecular complexity index is 2050. The topological polar surface area (TPSA) is 16.1 Å². The molecule has 0 radical (unpaired) electrons. The Balaban J connectivity index is 1.29. The van der Waals surface area contributed by atoms with Crippen LogP contribution in [-0.2, 0) is 0 Å². The fraction of sp³-hybridized carbons (Fsp3) is 0. The molecule has 0 N–H and O–H groups in total. The number of para-hydroxylation sites is 1. The van der Waals surface area contributed by atoms with E-state index in [0.29, 0.717) is 0 Å². The SMILES string of the molecule is c1ccc(-c2cc3ccc4cc(N(c5ccccc5)c5ccc(-c6cccnc6)cc5)cc5ccc(c2)c3c45)cc1. The Labute approximate surface area is 239 Å². The van der Waals surface area contributed by atoms with Gasteiger partial charge in [-0.2, -0.15) is 0 Å². The van der Waals surface area contributed by atoms with Crippen LogP contribution in [0.2, 0.25) is 0 Å². The summed E-state index contributed by atoms with van der Waals surface area (Å²) in [6.07, 6.45) is 3.72. The Morgan fingerprint density at radius 1 is 0.366 bits per heavy atom. The number of aromatic nitrogens is 1. The summed E-state index contributed by atoms with van der Waals surface area (Å²) in [5, 5.41) is 7.70. The fourth-order valence-electron chi connectivity index (χ4n) is 6.11. The summed E-state index contributed by atoms with van der Waals surface area (Å²) in [4.78, 5) is 6.63. The molecule has 7 aromatic carbocycles. The van der Waals surface area contributed by atoms with Gasteiger partial charge in [-0.25, -0.2) is 0 Å². The first-order valence-electron chi connectivity index (χ1n) is 14.0. The highest BCUT2D eigenvalue weighted by Gasteiger charge is 2.17. The lowest BCUT2D eigenvalue weighted by Crippen LogP contribution is -2.10. The summed E-state index contributed by atoms with van der Waals surface area (Å²) in [5.41, 5.74) is 8.15. The van der Waals surface area contributed by atoms with Crippen molar-refractivity contribution in [1.29, 1.82) is 0 Å². The van der Waals surface area contributed by atoms with Crippen LogP contribution in [-0.4, -0.2) is 4.98 Å². The number of benzene rings is 7. The summed E-state index contributed by atoms with van der Waals surface area (Å²) in [6, 6.07) is 52.5. The molecule has 0 aliphatic rings. The molecule has 0 fully saturated rings. The monoisotopic (exact) mass is 522 g/mol. The van der Waals surface area contributed by atoms with E-state index in [4.69, 9.17) is 0 Å². The fourth-order valence-corrected chi connectivity index (χ4v) is 6.11. The first-order valence-corrected chi connectivity index (χ1v) is 14.0. The zero-order chi connectivity index (χ0) is 27.2. The third-order valence-corrected chi connectivity index (χ3v) is 8.02. The molecule has 0 aliphatic heterocycles. The van der Waals surface area contributed by atoms with Crippen LogP contribution in [0.3, 0.4) is 0 Å². The molecule has 2 nitrogen and oxygen atoms in total. The molecule has 0 saturated heterocycles. The van der Waals surface area contributed by atoms with Crippen molar-refractivity contribution in [1.82, 2.24) is 4.98 Å². The molecule has 0 aliphatic carbocycles. The quantitative estimate of drug-likeness (QED) is 0.209. The molecular formula is C39H26N2. The maximum absolute atomic E-state index is 4.29. The van der Waals surface area contributed by atoms with Crippen LogP contribution < -0.4 is 4.90 Å². The Morgan fingerprint density at radius 3 is 1.46 bits per heavy atom. The number of rotatable bonds is 5. The van der Waals surface area contributed by atoms with Gasteiger partial charge in [0.2, 0.25) is 0 Å². The van der Waals surface area contributed by atoms with E-state index in [1.54, 1.807) is 0 Å². The molecule has 0 bridgehead atoms. The average molecular weight is 523 g/mol. The van der Waals surface area contributed by atoms with E-state index in [9.17, 15) is 0 Å². The van der Waals surface area contributed by atoms with Crippen LogP contribution in [0.15, 0.2) is 158 Å². The van der Waals surface area contributed by atoms with E-state index in [0.717, 1.165) is 28.2 Å². The highest BCUT2D eigenvalue weighted by atomic mass is 15.1. The van der Waals surface area contributed by atoms with Crippen molar-refractivity contribution in [2.75, 3.05) is 4.90 Å². The molecule has 1 aromatic heterocycles. The Morgan fingerprint density at radius 2 is 0.878 bits per heavy atom. The second-order valence-electron chi connectivity index (χ2n) is 10.5. The minimum Gasteiger partial charge on any atom is -0.310 e. The van der Waals surface area contributed by atoms with Gasteiger partial charge in [-0.3, -0.25) is 4.98 Å². The van der Waals surface area contributed by atoms with Crippen molar-refractivity contribution in [2.24, 2.45) is 0 Å². The maximum atomic E-state index is 4.29. The lowest BCUT2D eigenvalue weighted by atomic mass is 9.91. The van der Waals surface area contributed by atoms with Gasteiger partial charge in [0, 0.05) is 29.5 Å². The summed E-state index contributed by atoms with van der Waals surface area (Å²) in [7, 11) is 0. The van der Waals surface area contributed by atoms with E-state index in [1.165, 1.54) is 43.4 Å². The van der Waals surface area contributed by atoms with Crippen molar-refractivity contribution < 1.29 is 0 Å². The van der Waals surface area contributed by atoms with E-state index >= 15 is 0 Å². The third kappa shape index (κ3) is 4.09. The summed E-state index contributed by atoms with van der Waals surface area (Å²) in [6.45, 7) is 0. The third-order valence-electron chi connectivity index (χ3n) is 8.02. The summed E-state index contributed by atoms with van der Waals surface area (Å²) in [5.74, 6) is 0. The Hall–Kier alpha value is -5.47. The Kier molecular flexibility index (Phi) is 5.49. The average Bonchev–Trinajstić information content (AvgIpc) is 3.05. The van der Waals surface area contributed by atoms with Crippen LogP contribution >= 0.6 is 0 Å². The van der Waals surface area contributed by atoms with E-state index in [2.05, 4.69) is 149 Å². The molecule has 8 aromatic rings. The van der Waals surface area contributed by atoms with Gasteiger partial charge in [0.15, 0.2) is 0 Å². The molecule has 1 heterocycles. The summed E-state index contributed by atoms with van der Waals surface area (Å²) >= 11 is 0. The van der Waals surface area contributed by atoms with Gasteiger partial charge in [0.25, 0.3) is 0 Å². The van der Waals surface area contributed by atoms with Crippen molar-refractivity contribution in [3.63, 3.8) is 0 Å². The second-order valence-corrected chi connectivity index (χ2v) is 10.5. The smallest absolute Gasteiger partial charge is 0.0473 e. The normalized spacial score (nSPS) is 11.4. The van der Waals surface area contributed by atoms with Crippen molar-refractivity contribution in [3.8, 4) is 22.3 Å². The number of hydrogen-bond donors (Lipinski definition) is 0. The minimum absolute atomic E-state index is 1.11. The number of hydrogen-bond acceptors (Lipinski definition) is 2. The molecule has 8 rings (SSSR count). The largest absolute Gasteiger partial charge is 0.310 e.